The first kappa shape index (κ1) is 17.1. The van der Waals surface area contributed by atoms with Crippen LogP contribution in [0.1, 0.15) is 37.7 Å². The molecule has 23 heavy (non-hydrogen) atoms. The van der Waals surface area contributed by atoms with Crippen LogP contribution in [0.25, 0.3) is 0 Å². The number of amides is 3. The summed E-state index contributed by atoms with van der Waals surface area (Å²) in [6.07, 6.45) is 1.37. The molecular weight excluding hydrogens is 324 g/mol. The van der Waals surface area contributed by atoms with Crippen molar-refractivity contribution in [3.63, 3.8) is 0 Å². The molecule has 2 rings (SSSR count). The average molecular weight is 343 g/mol. The second kappa shape index (κ2) is 6.11. The normalized spacial score (nSPS) is 17.4. The molecule has 1 aliphatic rings. The standard InChI is InChI=1S/C14H19ClN4O4/c1-14(2,3)23-13(22)18-6-5-9(18)12(21)17-19-7-4-8(15)10(19)11(16)20/h4,7,9H,5-6H2,1-3H3,(H2,16,20)(H,17,21)/t9-/m0/s1. The SMILES string of the molecule is CC(C)(C)OC(=O)N1CC[C@H]1C(=O)Nn1ccc(Cl)c1C(N)=O. The molecule has 8 nitrogen and oxygen atoms in total. The molecule has 126 valence electrons. The van der Waals surface area contributed by atoms with Crippen molar-refractivity contribution in [2.24, 2.45) is 5.73 Å². The Morgan fingerprint density at radius 2 is 2.04 bits per heavy atom. The van der Waals surface area contributed by atoms with E-state index in [1.807, 2.05) is 0 Å². The summed E-state index contributed by atoms with van der Waals surface area (Å²) in [4.78, 5) is 37.0. The highest BCUT2D eigenvalue weighted by Crippen LogP contribution is 2.22. The molecule has 0 aliphatic carbocycles. The number of ether oxygens (including phenoxy) is 1. The lowest BCUT2D eigenvalue weighted by Gasteiger charge is -2.40. The van der Waals surface area contributed by atoms with Gasteiger partial charge in [-0.25, -0.2) is 4.79 Å². The van der Waals surface area contributed by atoms with Gasteiger partial charge >= 0.3 is 6.09 Å². The predicted molar refractivity (Wildman–Crippen MR) is 83.7 cm³/mol. The van der Waals surface area contributed by atoms with Gasteiger partial charge in [-0.3, -0.25) is 24.6 Å². The van der Waals surface area contributed by atoms with Crippen LogP contribution in [-0.2, 0) is 9.53 Å². The van der Waals surface area contributed by atoms with Gasteiger partial charge in [0.15, 0.2) is 0 Å². The van der Waals surface area contributed by atoms with Gasteiger partial charge in [-0.15, -0.1) is 0 Å². The number of nitrogens with zero attached hydrogens (tertiary/aromatic N) is 2. The fraction of sp³-hybridized carbons (Fsp3) is 0.500. The molecule has 1 atom stereocenters. The maximum atomic E-state index is 12.3. The van der Waals surface area contributed by atoms with E-state index in [9.17, 15) is 14.4 Å². The number of hydrogen-bond acceptors (Lipinski definition) is 4. The van der Waals surface area contributed by atoms with E-state index in [2.05, 4.69) is 5.43 Å². The van der Waals surface area contributed by atoms with Crippen LogP contribution in [0.2, 0.25) is 5.02 Å². The van der Waals surface area contributed by atoms with E-state index in [0.717, 1.165) is 4.68 Å². The van der Waals surface area contributed by atoms with Gasteiger partial charge in [0.05, 0.1) is 5.02 Å². The Hall–Kier alpha value is -2.22. The molecule has 2 heterocycles. The number of primary amides is 1. The highest BCUT2D eigenvalue weighted by atomic mass is 35.5. The lowest BCUT2D eigenvalue weighted by Crippen LogP contribution is -2.58. The van der Waals surface area contributed by atoms with Crippen LogP contribution in [0.5, 0.6) is 0 Å². The highest BCUT2D eigenvalue weighted by molar-refractivity contribution is 6.33. The molecule has 9 heteroatoms. The molecular formula is C14H19ClN4O4. The van der Waals surface area contributed by atoms with Gasteiger partial charge in [0, 0.05) is 12.7 Å². The van der Waals surface area contributed by atoms with Crippen LogP contribution in [0.4, 0.5) is 4.79 Å². The minimum absolute atomic E-state index is 0.0249. The van der Waals surface area contributed by atoms with E-state index < -0.39 is 29.6 Å². The minimum atomic E-state index is -0.766. The summed E-state index contributed by atoms with van der Waals surface area (Å²) >= 11 is 5.85. The van der Waals surface area contributed by atoms with E-state index in [4.69, 9.17) is 22.1 Å². The topological polar surface area (TPSA) is 107 Å². The quantitative estimate of drug-likeness (QED) is 0.863. The maximum Gasteiger partial charge on any atom is 0.410 e. The monoisotopic (exact) mass is 342 g/mol. The molecule has 1 aromatic heterocycles. The first-order valence-electron chi connectivity index (χ1n) is 7.07. The largest absolute Gasteiger partial charge is 0.444 e. The number of nitrogens with one attached hydrogen (secondary N) is 1. The Labute approximate surface area is 138 Å². The van der Waals surface area contributed by atoms with Crippen LogP contribution in [0.15, 0.2) is 12.3 Å². The second-order valence-corrected chi connectivity index (χ2v) is 6.61. The van der Waals surface area contributed by atoms with Crippen molar-refractivity contribution in [3.05, 3.63) is 23.0 Å². The molecule has 0 radical (unpaired) electrons. The summed E-state index contributed by atoms with van der Waals surface area (Å²) in [6, 6.07) is 0.778. The summed E-state index contributed by atoms with van der Waals surface area (Å²) in [7, 11) is 0. The van der Waals surface area contributed by atoms with E-state index in [1.54, 1.807) is 20.8 Å². The number of halogens is 1. The molecule has 0 unspecified atom stereocenters. The molecule has 1 saturated heterocycles. The van der Waals surface area contributed by atoms with Crippen molar-refractivity contribution in [3.8, 4) is 0 Å². The predicted octanol–water partition coefficient (Wildman–Crippen LogP) is 1.32. The van der Waals surface area contributed by atoms with E-state index in [1.165, 1.54) is 17.2 Å². The zero-order valence-corrected chi connectivity index (χ0v) is 13.9. The number of nitrogens with two attached hydrogens (primary N) is 1. The van der Waals surface area contributed by atoms with Gasteiger partial charge in [-0.1, -0.05) is 11.6 Å². The van der Waals surface area contributed by atoms with Crippen LogP contribution < -0.4 is 11.2 Å². The van der Waals surface area contributed by atoms with Gasteiger partial charge < -0.3 is 10.5 Å². The van der Waals surface area contributed by atoms with Crippen LogP contribution in [0.3, 0.4) is 0 Å². The number of carbonyl (C=O) groups is 3. The summed E-state index contributed by atoms with van der Waals surface area (Å²) in [5, 5.41) is 0.135. The third kappa shape index (κ3) is 3.76. The van der Waals surface area contributed by atoms with Crippen molar-refractivity contribution in [1.82, 2.24) is 9.58 Å². The molecule has 0 saturated carbocycles. The summed E-state index contributed by atoms with van der Waals surface area (Å²) < 4.78 is 6.39. The summed E-state index contributed by atoms with van der Waals surface area (Å²) in [6.45, 7) is 5.68. The Kier molecular flexibility index (Phi) is 4.56. The van der Waals surface area contributed by atoms with Crippen molar-refractivity contribution in [2.75, 3.05) is 12.0 Å². The molecule has 0 spiro atoms. The third-order valence-corrected chi connectivity index (χ3v) is 3.56. The Morgan fingerprint density at radius 1 is 1.39 bits per heavy atom. The molecule has 0 bridgehead atoms. The number of hydrogen-bond donors (Lipinski definition) is 2. The molecule has 1 fully saturated rings. The Bertz CT molecular complexity index is 650. The van der Waals surface area contributed by atoms with Crippen molar-refractivity contribution in [2.45, 2.75) is 38.8 Å². The van der Waals surface area contributed by atoms with Gasteiger partial charge in [-0.05, 0) is 33.3 Å². The number of likely N-dealkylation sites (tertiary alicyclic amines) is 1. The highest BCUT2D eigenvalue weighted by Gasteiger charge is 2.40. The maximum absolute atomic E-state index is 12.3. The molecule has 0 aromatic carbocycles. The third-order valence-electron chi connectivity index (χ3n) is 3.25. The minimum Gasteiger partial charge on any atom is -0.444 e. The van der Waals surface area contributed by atoms with E-state index in [-0.39, 0.29) is 10.7 Å². The first-order chi connectivity index (χ1) is 10.6. The molecule has 1 aliphatic heterocycles. The van der Waals surface area contributed by atoms with Gasteiger partial charge in [0.2, 0.25) is 0 Å². The molecule has 1 aromatic rings. The molecule has 3 amide bonds. The lowest BCUT2D eigenvalue weighted by molar-refractivity contribution is -0.126. The summed E-state index contributed by atoms with van der Waals surface area (Å²) in [5.41, 5.74) is 7.07. The number of carbonyl (C=O) groups excluding carboxylic acids is 3. The zero-order chi connectivity index (χ0) is 17.4. The van der Waals surface area contributed by atoms with Gasteiger partial charge in [0.1, 0.15) is 17.3 Å². The van der Waals surface area contributed by atoms with Crippen molar-refractivity contribution < 1.29 is 19.1 Å². The van der Waals surface area contributed by atoms with Gasteiger partial charge in [0.25, 0.3) is 11.8 Å². The number of aromatic nitrogens is 1. The smallest absolute Gasteiger partial charge is 0.410 e. The fourth-order valence-corrected chi connectivity index (χ4v) is 2.37. The van der Waals surface area contributed by atoms with Crippen LogP contribution in [0, 0.1) is 0 Å². The number of rotatable bonds is 3. The zero-order valence-electron chi connectivity index (χ0n) is 13.1. The average Bonchev–Trinajstić information content (AvgIpc) is 2.65. The lowest BCUT2D eigenvalue weighted by atomic mass is 10.0. The van der Waals surface area contributed by atoms with Crippen LogP contribution >= 0.6 is 11.6 Å². The fourth-order valence-electron chi connectivity index (χ4n) is 2.13. The van der Waals surface area contributed by atoms with Crippen molar-refractivity contribution >= 4 is 29.5 Å². The Morgan fingerprint density at radius 3 is 2.52 bits per heavy atom. The second-order valence-electron chi connectivity index (χ2n) is 6.20. The van der Waals surface area contributed by atoms with E-state index in [0.29, 0.717) is 13.0 Å². The van der Waals surface area contributed by atoms with Crippen LogP contribution in [-0.4, -0.2) is 45.7 Å². The first-order valence-corrected chi connectivity index (χ1v) is 7.45. The summed E-state index contributed by atoms with van der Waals surface area (Å²) in [5.74, 6) is -1.21. The van der Waals surface area contributed by atoms with Gasteiger partial charge in [-0.2, -0.15) is 0 Å². The Balaban J connectivity index is 2.05. The van der Waals surface area contributed by atoms with Crippen molar-refractivity contribution in [1.29, 1.82) is 0 Å². The molecule has 3 N–H and O–H groups in total. The van der Waals surface area contributed by atoms with E-state index >= 15 is 0 Å².